The predicted octanol–water partition coefficient (Wildman–Crippen LogP) is 9.97. The topological polar surface area (TPSA) is 0 Å². The first-order valence-corrected chi connectivity index (χ1v) is 6.81. The van der Waals surface area contributed by atoms with Crippen LogP contribution in [0, 0.1) is 17.8 Å². The summed E-state index contributed by atoms with van der Waals surface area (Å²) in [6.45, 7) is 19.9. The minimum atomic E-state index is 0. The van der Waals surface area contributed by atoms with Crippen LogP contribution in [0.4, 0.5) is 0 Å². The highest BCUT2D eigenvalue weighted by atomic mass is 13.9. The molecule has 144 valence electrons. The molecule has 0 rings (SSSR count). The van der Waals surface area contributed by atoms with Crippen molar-refractivity contribution in [2.24, 2.45) is 17.8 Å². The van der Waals surface area contributed by atoms with Gasteiger partial charge in [-0.3, -0.25) is 0 Å². The lowest BCUT2D eigenvalue weighted by Crippen LogP contribution is -1.77. The Morgan fingerprint density at radius 2 is 0.429 bits per heavy atom. The van der Waals surface area contributed by atoms with E-state index in [-0.39, 0.29) is 44.6 Å². The molecule has 0 heteroatoms. The van der Waals surface area contributed by atoms with Gasteiger partial charge >= 0.3 is 0 Å². The fourth-order valence-corrected chi connectivity index (χ4v) is 0. The predicted molar refractivity (Wildman–Crippen MR) is 116 cm³/mol. The third kappa shape index (κ3) is 180. The molecule has 0 aliphatic rings. The molecule has 0 bridgehead atoms. The van der Waals surface area contributed by atoms with Crippen molar-refractivity contribution in [1.82, 2.24) is 0 Å². The van der Waals surface area contributed by atoms with E-state index in [1.54, 1.807) is 0 Å². The lowest BCUT2D eigenvalue weighted by Gasteiger charge is -1.90. The smallest absolute Gasteiger partial charge is 0.0474 e. The Bertz CT molecular complexity index is 61.0. The first-order chi connectivity index (χ1) is 6.81. The molecule has 0 spiro atoms. The van der Waals surface area contributed by atoms with E-state index in [0.29, 0.717) is 0 Å². The maximum absolute atomic E-state index is 2.22. The zero-order valence-electron chi connectivity index (χ0n) is 12.9. The zero-order chi connectivity index (χ0) is 12.9. The van der Waals surface area contributed by atoms with Gasteiger partial charge in [0.25, 0.3) is 0 Å². The van der Waals surface area contributed by atoms with Gasteiger partial charge < -0.3 is 0 Å². The molecule has 0 radical (unpaired) electrons. The summed E-state index contributed by atoms with van der Waals surface area (Å²) in [6.07, 6.45) is 3.92. The van der Waals surface area contributed by atoms with Gasteiger partial charge in [0.1, 0.15) is 0 Å². The first kappa shape index (κ1) is 58.3. The molecule has 0 unspecified atom stereocenters. The molecule has 0 aliphatic carbocycles. The van der Waals surface area contributed by atoms with Crippen molar-refractivity contribution in [3.05, 3.63) is 0 Å². The normalized spacial score (nSPS) is 6.86. The molecule has 0 saturated heterocycles. The van der Waals surface area contributed by atoms with E-state index in [1.807, 2.05) is 0 Å². The molecule has 0 amide bonds. The lowest BCUT2D eigenvalue weighted by molar-refractivity contribution is 0.626. The summed E-state index contributed by atoms with van der Waals surface area (Å²) >= 11 is 0. The summed E-state index contributed by atoms with van der Waals surface area (Å²) in [5.41, 5.74) is 0. The highest BCUT2D eigenvalue weighted by molar-refractivity contribution is 4.33. The Morgan fingerprint density at radius 3 is 0.429 bits per heavy atom. The van der Waals surface area contributed by atoms with Crippen molar-refractivity contribution in [1.29, 1.82) is 0 Å². The van der Waals surface area contributed by atoms with Crippen molar-refractivity contribution in [2.75, 3.05) is 0 Å². The van der Waals surface area contributed by atoms with Crippen molar-refractivity contribution in [2.45, 2.75) is 126 Å². The van der Waals surface area contributed by atoms with Crippen LogP contribution in [0.5, 0.6) is 0 Å². The molecule has 0 aromatic rings. The first-order valence-electron chi connectivity index (χ1n) is 6.81. The maximum atomic E-state index is 2.22. The van der Waals surface area contributed by atoms with E-state index in [1.165, 1.54) is 19.3 Å². The Kier molecular flexibility index (Phi) is 139. The molecule has 0 saturated carbocycles. The zero-order valence-corrected chi connectivity index (χ0v) is 12.9. The summed E-state index contributed by atoms with van der Waals surface area (Å²) < 4.78 is 0. The van der Waals surface area contributed by atoms with Crippen LogP contribution in [0.1, 0.15) is 126 Å². The molecule has 0 fully saturated rings. The van der Waals surface area contributed by atoms with Crippen LogP contribution in [-0.2, 0) is 0 Å². The fraction of sp³-hybridized carbons (Fsp3) is 1.00. The molecule has 0 nitrogen and oxygen atoms in total. The second-order valence-corrected chi connectivity index (χ2v) is 5.41. The van der Waals surface area contributed by atoms with E-state index < -0.39 is 0 Å². The van der Waals surface area contributed by atoms with Gasteiger partial charge in [0.2, 0.25) is 0 Å². The minimum absolute atomic E-state index is 0. The van der Waals surface area contributed by atoms with Crippen molar-refractivity contribution in [3.8, 4) is 0 Å². The molecule has 0 heterocycles. The molecular formula is C21H60. The van der Waals surface area contributed by atoms with Gasteiger partial charge in [-0.1, -0.05) is 126 Å². The second-order valence-electron chi connectivity index (χ2n) is 5.41. The fourth-order valence-electron chi connectivity index (χ4n) is 0. The van der Waals surface area contributed by atoms with Gasteiger partial charge in [-0.15, -0.1) is 0 Å². The van der Waals surface area contributed by atoms with E-state index in [0.717, 1.165) is 17.8 Å². The van der Waals surface area contributed by atoms with E-state index in [9.17, 15) is 0 Å². The summed E-state index contributed by atoms with van der Waals surface area (Å²) in [5.74, 6) is 2.65. The summed E-state index contributed by atoms with van der Waals surface area (Å²) in [6, 6.07) is 0. The Morgan fingerprint density at radius 1 is 0.381 bits per heavy atom. The highest BCUT2D eigenvalue weighted by Crippen LogP contribution is 1.94. The monoisotopic (exact) mass is 312 g/mol. The Labute approximate surface area is 144 Å². The third-order valence-electron chi connectivity index (χ3n) is 2.45. The van der Waals surface area contributed by atoms with Crippen LogP contribution in [0.3, 0.4) is 0 Å². The molecule has 0 N–H and O–H groups in total. The van der Waals surface area contributed by atoms with E-state index >= 15 is 0 Å². The van der Waals surface area contributed by atoms with Gasteiger partial charge in [-0.2, -0.15) is 0 Å². The van der Waals surface area contributed by atoms with Crippen LogP contribution in [-0.4, -0.2) is 0 Å². The quantitative estimate of drug-likeness (QED) is 0.486. The van der Waals surface area contributed by atoms with Crippen molar-refractivity contribution < 1.29 is 0 Å². The number of rotatable bonds is 3. The summed E-state index contributed by atoms with van der Waals surface area (Å²) in [7, 11) is 0. The summed E-state index contributed by atoms with van der Waals surface area (Å²) in [5, 5.41) is 0. The molecular weight excluding hydrogens is 252 g/mol. The third-order valence-corrected chi connectivity index (χ3v) is 2.45. The molecule has 0 aliphatic heterocycles. The Balaban J connectivity index is -0.0000000129. The van der Waals surface area contributed by atoms with Gasteiger partial charge in [0.05, 0.1) is 0 Å². The Hall–Kier alpha value is 0. The van der Waals surface area contributed by atoms with Gasteiger partial charge in [-0.05, 0) is 17.8 Å². The highest BCUT2D eigenvalue weighted by Gasteiger charge is 1.80. The van der Waals surface area contributed by atoms with Gasteiger partial charge in [-0.25, -0.2) is 0 Å². The molecule has 0 aromatic carbocycles. The molecule has 0 atom stereocenters. The van der Waals surface area contributed by atoms with Gasteiger partial charge in [0, 0.05) is 0 Å². The molecule has 21 heavy (non-hydrogen) atoms. The SMILES string of the molecule is C.C.C.C.C.C.CCC(C)C.CCC(C)C.CCC(C)C. The standard InChI is InChI=1S/3C5H12.6CH4/c3*1-4-5(2)3;;;;;;/h3*5H,4H2,1-3H3;6*1H4. The number of hydrogen-bond acceptors (Lipinski definition) is 0. The van der Waals surface area contributed by atoms with Crippen molar-refractivity contribution >= 4 is 0 Å². The van der Waals surface area contributed by atoms with Crippen LogP contribution < -0.4 is 0 Å². The summed E-state index contributed by atoms with van der Waals surface area (Å²) in [4.78, 5) is 0. The van der Waals surface area contributed by atoms with Crippen LogP contribution in [0.15, 0.2) is 0 Å². The molecule has 0 aromatic heterocycles. The maximum Gasteiger partial charge on any atom is -0.0474 e. The largest absolute Gasteiger partial charge is 0.0776 e. The average Bonchev–Trinajstić information content (AvgIpc) is 2.19. The van der Waals surface area contributed by atoms with Gasteiger partial charge in [0.15, 0.2) is 0 Å². The van der Waals surface area contributed by atoms with Crippen LogP contribution in [0.2, 0.25) is 0 Å². The van der Waals surface area contributed by atoms with Crippen LogP contribution in [0.25, 0.3) is 0 Å². The average molecular weight is 313 g/mol. The second kappa shape index (κ2) is 50.1. The van der Waals surface area contributed by atoms with Crippen LogP contribution >= 0.6 is 0 Å². The minimum Gasteiger partial charge on any atom is -0.0776 e. The lowest BCUT2D eigenvalue weighted by atomic mass is 10.2. The van der Waals surface area contributed by atoms with Crippen molar-refractivity contribution in [3.63, 3.8) is 0 Å². The number of hydrogen-bond donors (Lipinski definition) is 0. The van der Waals surface area contributed by atoms with E-state index in [4.69, 9.17) is 0 Å². The van der Waals surface area contributed by atoms with E-state index in [2.05, 4.69) is 62.3 Å².